The van der Waals surface area contributed by atoms with Gasteiger partial charge in [0.1, 0.15) is 0 Å². The Morgan fingerprint density at radius 2 is 0.680 bits per heavy atom. The van der Waals surface area contributed by atoms with E-state index in [0.29, 0.717) is 0 Å². The fourth-order valence-corrected chi connectivity index (χ4v) is 11.2. The summed E-state index contributed by atoms with van der Waals surface area (Å²) in [4.78, 5) is 5.08. The Morgan fingerprint density at radius 3 is 0.920 bits per heavy atom. The molecule has 0 aromatic rings. The molecule has 0 aromatic carbocycles. The zero-order chi connectivity index (χ0) is 18.9. The zero-order valence-electron chi connectivity index (χ0n) is 18.9. The summed E-state index contributed by atoms with van der Waals surface area (Å²) in [5.74, 6) is 2.71. The van der Waals surface area contributed by atoms with Crippen molar-refractivity contribution in [2.24, 2.45) is 17.8 Å². The average Bonchev–Trinajstić information content (AvgIpc) is 2.52. The molecule has 0 aliphatic rings. The van der Waals surface area contributed by atoms with Crippen LogP contribution in [0.4, 0.5) is 0 Å². The van der Waals surface area contributed by atoms with Crippen molar-refractivity contribution in [1.82, 2.24) is 0 Å². The summed E-state index contributed by atoms with van der Waals surface area (Å²) in [6, 6.07) is 0. The molecule has 0 bridgehead atoms. The summed E-state index contributed by atoms with van der Waals surface area (Å²) < 4.78 is 0. The summed E-state index contributed by atoms with van der Waals surface area (Å²) in [7, 11) is 0. The van der Waals surface area contributed by atoms with Crippen molar-refractivity contribution >= 4 is 16.2 Å². The summed E-state index contributed by atoms with van der Waals surface area (Å²) in [6.07, 6.45) is 18.0. The van der Waals surface area contributed by atoms with Gasteiger partial charge in [-0.1, -0.05) is 0 Å². The fourth-order valence-electron chi connectivity index (χ4n) is 3.92. The van der Waals surface area contributed by atoms with Gasteiger partial charge in [0.05, 0.1) is 0 Å². The van der Waals surface area contributed by atoms with E-state index in [1.165, 1.54) is 57.8 Å². The normalized spacial score (nSPS) is 11.9. The molecular formula is C24H51Ga. The molecule has 0 amide bonds. The molecule has 0 fully saturated rings. The second kappa shape index (κ2) is 18.0. The molecule has 150 valence electrons. The maximum atomic E-state index is 2.37. The third-order valence-corrected chi connectivity index (χ3v) is 13.4. The van der Waals surface area contributed by atoms with Crippen molar-refractivity contribution in [2.75, 3.05) is 0 Å². The molecule has 0 aliphatic heterocycles. The molecule has 0 heterocycles. The predicted octanol–water partition coefficient (Wildman–Crippen LogP) is 9.13. The van der Waals surface area contributed by atoms with Gasteiger partial charge in [-0.25, -0.2) is 0 Å². The number of unbranched alkanes of at least 4 members (excludes halogenated alkanes) is 6. The topological polar surface area (TPSA) is 0 Å². The molecule has 0 radical (unpaired) electrons. The second-order valence-corrected chi connectivity index (χ2v) is 17.2. The molecule has 25 heavy (non-hydrogen) atoms. The van der Waals surface area contributed by atoms with Gasteiger partial charge in [-0.2, -0.15) is 0 Å². The van der Waals surface area contributed by atoms with Crippen LogP contribution < -0.4 is 0 Å². The standard InChI is InChI=1S/3C8H17.Ga/c3*1-4-5-6-7-8(2)3;/h3*8H,1,4-7H2,2-3H3;. The summed E-state index contributed by atoms with van der Waals surface area (Å²) in [5.41, 5.74) is 0. The number of hydrogen-bond donors (Lipinski definition) is 0. The van der Waals surface area contributed by atoms with Crippen LogP contribution in [0.15, 0.2) is 0 Å². The van der Waals surface area contributed by atoms with Gasteiger partial charge in [-0.05, 0) is 0 Å². The van der Waals surface area contributed by atoms with E-state index in [1.807, 2.05) is 0 Å². The molecule has 0 nitrogen and oxygen atoms in total. The minimum absolute atomic E-state index is 0.902. The first kappa shape index (κ1) is 25.6. The fraction of sp³-hybridized carbons (Fsp3) is 1.00. The molecule has 0 saturated carbocycles. The van der Waals surface area contributed by atoms with Crippen molar-refractivity contribution in [3.8, 4) is 0 Å². The molecule has 0 aromatic heterocycles. The first-order valence-corrected chi connectivity index (χ1v) is 17.1. The van der Waals surface area contributed by atoms with E-state index in [0.717, 1.165) is 17.8 Å². The molecule has 0 N–H and O–H groups in total. The average molecular weight is 409 g/mol. The van der Waals surface area contributed by atoms with Crippen LogP contribution in [0.3, 0.4) is 0 Å². The minimum atomic E-state index is -0.947. The van der Waals surface area contributed by atoms with Crippen molar-refractivity contribution in [3.05, 3.63) is 0 Å². The van der Waals surface area contributed by atoms with E-state index in [9.17, 15) is 0 Å². The van der Waals surface area contributed by atoms with E-state index >= 15 is 0 Å². The molecule has 1 heteroatoms. The summed E-state index contributed by atoms with van der Waals surface area (Å²) in [5, 5.41) is 0. The molecular weight excluding hydrogens is 358 g/mol. The van der Waals surface area contributed by atoms with Crippen LogP contribution in [0.1, 0.15) is 119 Å². The first-order chi connectivity index (χ1) is 11.9. The van der Waals surface area contributed by atoms with Crippen LogP contribution in [0.5, 0.6) is 0 Å². The van der Waals surface area contributed by atoms with E-state index < -0.39 is 16.2 Å². The Morgan fingerprint density at radius 1 is 0.400 bits per heavy atom. The van der Waals surface area contributed by atoms with Crippen molar-refractivity contribution in [3.63, 3.8) is 0 Å². The van der Waals surface area contributed by atoms with Crippen molar-refractivity contribution in [1.29, 1.82) is 0 Å². The maximum absolute atomic E-state index is 2.37. The van der Waals surface area contributed by atoms with Crippen LogP contribution in [0.25, 0.3) is 0 Å². The monoisotopic (exact) mass is 408 g/mol. The summed E-state index contributed by atoms with van der Waals surface area (Å²) >= 11 is -0.947. The van der Waals surface area contributed by atoms with Crippen molar-refractivity contribution < 1.29 is 0 Å². The summed E-state index contributed by atoms with van der Waals surface area (Å²) in [6.45, 7) is 14.2. The van der Waals surface area contributed by atoms with Crippen LogP contribution >= 0.6 is 0 Å². The van der Waals surface area contributed by atoms with Gasteiger partial charge < -0.3 is 0 Å². The van der Waals surface area contributed by atoms with Gasteiger partial charge in [-0.3, -0.25) is 0 Å². The van der Waals surface area contributed by atoms with E-state index in [2.05, 4.69) is 41.5 Å². The van der Waals surface area contributed by atoms with Gasteiger partial charge in [0.25, 0.3) is 0 Å². The molecule has 0 rings (SSSR count). The quantitative estimate of drug-likeness (QED) is 0.156. The molecule has 0 aliphatic carbocycles. The third-order valence-electron chi connectivity index (χ3n) is 5.68. The Labute approximate surface area is 167 Å². The second-order valence-electron chi connectivity index (χ2n) is 9.96. The van der Waals surface area contributed by atoms with E-state index in [1.54, 1.807) is 34.2 Å². The Kier molecular flexibility index (Phi) is 18.5. The van der Waals surface area contributed by atoms with Gasteiger partial charge in [0.15, 0.2) is 0 Å². The molecule has 0 saturated heterocycles. The van der Waals surface area contributed by atoms with Crippen LogP contribution in [-0.4, -0.2) is 16.2 Å². The van der Waals surface area contributed by atoms with Gasteiger partial charge in [-0.15, -0.1) is 0 Å². The van der Waals surface area contributed by atoms with E-state index in [4.69, 9.17) is 0 Å². The molecule has 0 spiro atoms. The van der Waals surface area contributed by atoms with Gasteiger partial charge in [0, 0.05) is 0 Å². The Bertz CT molecular complexity index is 214. The zero-order valence-corrected chi connectivity index (χ0v) is 21.3. The first-order valence-electron chi connectivity index (χ1n) is 11.9. The van der Waals surface area contributed by atoms with Gasteiger partial charge in [0.2, 0.25) is 0 Å². The van der Waals surface area contributed by atoms with Crippen molar-refractivity contribution in [2.45, 2.75) is 134 Å². The number of hydrogen-bond acceptors (Lipinski definition) is 0. The Balaban J connectivity index is 3.87. The predicted molar refractivity (Wildman–Crippen MR) is 120 cm³/mol. The molecule has 0 unspecified atom stereocenters. The Hall–Kier alpha value is 0.636. The van der Waals surface area contributed by atoms with Crippen LogP contribution in [0.2, 0.25) is 14.9 Å². The number of rotatable bonds is 18. The third kappa shape index (κ3) is 20.8. The van der Waals surface area contributed by atoms with Crippen LogP contribution in [-0.2, 0) is 0 Å². The van der Waals surface area contributed by atoms with Gasteiger partial charge >= 0.3 is 167 Å². The SMILES string of the molecule is CC(C)CCCC[CH2][Ga]([CH2]CCCCC(C)C)[CH2]CCCCC(C)C. The van der Waals surface area contributed by atoms with Crippen LogP contribution in [0, 0.1) is 17.8 Å². The van der Waals surface area contributed by atoms with E-state index in [-0.39, 0.29) is 0 Å². The molecule has 0 atom stereocenters.